The van der Waals surface area contributed by atoms with Gasteiger partial charge < -0.3 is 14.8 Å². The third-order valence-corrected chi connectivity index (χ3v) is 1.90. The average Bonchev–Trinajstić information content (AvgIpc) is 2.59. The van der Waals surface area contributed by atoms with Gasteiger partial charge in [-0.1, -0.05) is 6.07 Å². The molecule has 68 valence electrons. The highest BCUT2D eigenvalue weighted by Gasteiger charge is 2.05. The topological polar surface area (TPSA) is 58.1 Å². The zero-order valence-corrected chi connectivity index (χ0v) is 7.24. The lowest BCUT2D eigenvalue weighted by molar-refractivity contribution is 0.273. The summed E-state index contributed by atoms with van der Waals surface area (Å²) >= 11 is 0. The van der Waals surface area contributed by atoms with Crippen LogP contribution < -0.4 is 4.74 Å². The van der Waals surface area contributed by atoms with Crippen molar-refractivity contribution < 1.29 is 9.84 Å². The van der Waals surface area contributed by atoms with Crippen molar-refractivity contribution in [1.29, 1.82) is 0 Å². The molecule has 0 saturated carbocycles. The Hall–Kier alpha value is -1.55. The molecule has 0 aliphatic carbocycles. The Morgan fingerprint density at radius 1 is 1.54 bits per heavy atom. The number of aliphatic hydroxyl groups is 1. The summed E-state index contributed by atoms with van der Waals surface area (Å²) in [6.07, 6.45) is 0. The minimum Gasteiger partial charge on any atom is -0.494 e. The van der Waals surface area contributed by atoms with Gasteiger partial charge in [0.05, 0.1) is 12.6 Å². The number of aromatic nitrogens is 2. The number of para-hydroxylation sites is 1. The van der Waals surface area contributed by atoms with Crippen molar-refractivity contribution in [2.45, 2.75) is 6.61 Å². The summed E-state index contributed by atoms with van der Waals surface area (Å²) in [5.41, 5.74) is 1.64. The maximum Gasteiger partial charge on any atom is 0.144 e. The number of rotatable bonds is 2. The number of fused-ring (bicyclic) bond motifs is 1. The summed E-state index contributed by atoms with van der Waals surface area (Å²) in [5.74, 6) is 1.30. The molecule has 1 aromatic heterocycles. The van der Waals surface area contributed by atoms with E-state index in [9.17, 15) is 0 Å². The van der Waals surface area contributed by atoms with Crippen molar-refractivity contribution in [3.63, 3.8) is 0 Å². The van der Waals surface area contributed by atoms with Gasteiger partial charge in [-0.15, -0.1) is 0 Å². The number of methoxy groups -OCH3 is 1. The molecule has 0 saturated heterocycles. The summed E-state index contributed by atoms with van der Waals surface area (Å²) in [7, 11) is 1.61. The molecule has 13 heavy (non-hydrogen) atoms. The highest BCUT2D eigenvalue weighted by atomic mass is 16.5. The Balaban J connectivity index is 2.67. The van der Waals surface area contributed by atoms with Gasteiger partial charge in [-0.05, 0) is 12.1 Å². The van der Waals surface area contributed by atoms with Crippen LogP contribution in [0.5, 0.6) is 5.75 Å². The van der Waals surface area contributed by atoms with E-state index in [-0.39, 0.29) is 6.61 Å². The Morgan fingerprint density at radius 3 is 3.08 bits per heavy atom. The number of aromatic amines is 1. The number of hydrogen-bond donors (Lipinski definition) is 2. The maximum absolute atomic E-state index is 8.87. The monoisotopic (exact) mass is 178 g/mol. The van der Waals surface area contributed by atoms with E-state index in [1.165, 1.54) is 0 Å². The van der Waals surface area contributed by atoms with E-state index in [1.54, 1.807) is 7.11 Å². The van der Waals surface area contributed by atoms with Gasteiger partial charge in [-0.3, -0.25) is 0 Å². The smallest absolute Gasteiger partial charge is 0.144 e. The lowest BCUT2D eigenvalue weighted by Crippen LogP contribution is -1.85. The molecule has 0 spiro atoms. The van der Waals surface area contributed by atoms with E-state index in [2.05, 4.69) is 9.97 Å². The first-order chi connectivity index (χ1) is 6.35. The zero-order valence-electron chi connectivity index (χ0n) is 7.24. The van der Waals surface area contributed by atoms with E-state index in [1.807, 2.05) is 18.2 Å². The van der Waals surface area contributed by atoms with Gasteiger partial charge in [0.15, 0.2) is 0 Å². The molecule has 0 atom stereocenters. The van der Waals surface area contributed by atoms with Crippen LogP contribution in [0.2, 0.25) is 0 Å². The molecule has 1 heterocycles. The second kappa shape index (κ2) is 3.06. The first-order valence-corrected chi connectivity index (χ1v) is 3.97. The maximum atomic E-state index is 8.87. The van der Waals surface area contributed by atoms with Crippen LogP contribution in [0.25, 0.3) is 11.0 Å². The fourth-order valence-electron chi connectivity index (χ4n) is 1.30. The first-order valence-electron chi connectivity index (χ1n) is 3.97. The highest BCUT2D eigenvalue weighted by molar-refractivity contribution is 5.81. The Labute approximate surface area is 75.2 Å². The van der Waals surface area contributed by atoms with Crippen LogP contribution in [0.15, 0.2) is 18.2 Å². The van der Waals surface area contributed by atoms with E-state index in [0.717, 1.165) is 16.8 Å². The fourth-order valence-corrected chi connectivity index (χ4v) is 1.30. The van der Waals surface area contributed by atoms with E-state index in [4.69, 9.17) is 9.84 Å². The van der Waals surface area contributed by atoms with Gasteiger partial charge in [0.2, 0.25) is 0 Å². The van der Waals surface area contributed by atoms with Crippen molar-refractivity contribution >= 4 is 11.0 Å². The third kappa shape index (κ3) is 1.25. The second-order valence-corrected chi connectivity index (χ2v) is 2.70. The van der Waals surface area contributed by atoms with E-state index >= 15 is 0 Å². The molecule has 2 N–H and O–H groups in total. The predicted molar refractivity (Wildman–Crippen MR) is 48.6 cm³/mol. The molecule has 1 aromatic carbocycles. The number of benzene rings is 1. The third-order valence-electron chi connectivity index (χ3n) is 1.90. The standard InChI is InChI=1S/C9H10N2O2/c1-13-7-4-2-3-6-9(7)11-8(5-12)10-6/h2-4,12H,5H2,1H3,(H,10,11). The minimum atomic E-state index is -0.0855. The molecule has 2 aromatic rings. The van der Waals surface area contributed by atoms with Gasteiger partial charge in [0.25, 0.3) is 0 Å². The normalized spacial score (nSPS) is 10.6. The van der Waals surface area contributed by atoms with E-state index in [0.29, 0.717) is 5.82 Å². The van der Waals surface area contributed by atoms with Crippen molar-refractivity contribution in [3.05, 3.63) is 24.0 Å². The second-order valence-electron chi connectivity index (χ2n) is 2.70. The summed E-state index contributed by atoms with van der Waals surface area (Å²) in [6, 6.07) is 5.58. The minimum absolute atomic E-state index is 0.0855. The van der Waals surface area contributed by atoms with E-state index < -0.39 is 0 Å². The van der Waals surface area contributed by atoms with Gasteiger partial charge in [0, 0.05) is 0 Å². The molecule has 0 aliphatic rings. The van der Waals surface area contributed by atoms with Gasteiger partial charge in [-0.25, -0.2) is 4.98 Å². The van der Waals surface area contributed by atoms with Crippen molar-refractivity contribution in [2.24, 2.45) is 0 Å². The molecule has 2 rings (SSSR count). The molecule has 0 aliphatic heterocycles. The number of imidazole rings is 1. The van der Waals surface area contributed by atoms with Crippen LogP contribution in [0, 0.1) is 0 Å². The lowest BCUT2D eigenvalue weighted by Gasteiger charge is -1.98. The highest BCUT2D eigenvalue weighted by Crippen LogP contribution is 2.22. The molecule has 0 unspecified atom stereocenters. The zero-order chi connectivity index (χ0) is 9.26. The average molecular weight is 178 g/mol. The van der Waals surface area contributed by atoms with Crippen LogP contribution in [-0.2, 0) is 6.61 Å². The number of nitrogens with zero attached hydrogens (tertiary/aromatic N) is 1. The molecule has 0 fully saturated rings. The summed E-state index contributed by atoms with van der Waals surface area (Å²) in [5, 5.41) is 8.87. The quantitative estimate of drug-likeness (QED) is 0.723. The van der Waals surface area contributed by atoms with Gasteiger partial charge in [-0.2, -0.15) is 0 Å². The SMILES string of the molecule is COc1cccc2nc(CO)[nH]c12. The molecule has 0 bridgehead atoms. The summed E-state index contributed by atoms with van der Waals surface area (Å²) in [4.78, 5) is 7.13. The van der Waals surface area contributed by atoms with Gasteiger partial charge >= 0.3 is 0 Å². The number of nitrogens with one attached hydrogen (secondary N) is 1. The van der Waals surface area contributed by atoms with Gasteiger partial charge in [0.1, 0.15) is 23.7 Å². The predicted octanol–water partition coefficient (Wildman–Crippen LogP) is 1.06. The number of hydrogen-bond acceptors (Lipinski definition) is 3. The fraction of sp³-hybridized carbons (Fsp3) is 0.222. The Kier molecular flexibility index (Phi) is 1.90. The van der Waals surface area contributed by atoms with Crippen LogP contribution in [0.1, 0.15) is 5.82 Å². The Morgan fingerprint density at radius 2 is 2.38 bits per heavy atom. The number of H-pyrrole nitrogens is 1. The molecule has 4 heteroatoms. The van der Waals surface area contributed by atoms with Crippen molar-refractivity contribution in [1.82, 2.24) is 9.97 Å². The first kappa shape index (κ1) is 8.07. The molecular weight excluding hydrogens is 168 g/mol. The summed E-state index contributed by atoms with van der Waals surface area (Å²) < 4.78 is 5.13. The van der Waals surface area contributed by atoms with Crippen LogP contribution in [0.3, 0.4) is 0 Å². The lowest BCUT2D eigenvalue weighted by atomic mass is 10.3. The van der Waals surface area contributed by atoms with Crippen molar-refractivity contribution in [2.75, 3.05) is 7.11 Å². The largest absolute Gasteiger partial charge is 0.494 e. The van der Waals surface area contributed by atoms with Crippen LogP contribution in [0.4, 0.5) is 0 Å². The Bertz CT molecular complexity index is 422. The number of aliphatic hydroxyl groups excluding tert-OH is 1. The molecule has 0 radical (unpaired) electrons. The van der Waals surface area contributed by atoms with Crippen LogP contribution >= 0.6 is 0 Å². The van der Waals surface area contributed by atoms with Crippen molar-refractivity contribution in [3.8, 4) is 5.75 Å². The molecular formula is C9H10N2O2. The molecule has 4 nitrogen and oxygen atoms in total. The molecule has 0 amide bonds. The number of ether oxygens (including phenoxy) is 1. The summed E-state index contributed by atoms with van der Waals surface area (Å²) in [6.45, 7) is -0.0855. The van der Waals surface area contributed by atoms with Crippen LogP contribution in [-0.4, -0.2) is 22.2 Å².